The summed E-state index contributed by atoms with van der Waals surface area (Å²) in [5.41, 5.74) is 2.67. The number of anilines is 1. The molecule has 0 unspecified atom stereocenters. The fourth-order valence-electron chi connectivity index (χ4n) is 4.66. The zero-order valence-corrected chi connectivity index (χ0v) is 21.3. The monoisotopic (exact) mass is 520 g/mol. The maximum Gasteiger partial charge on any atom is 0.418 e. The molecule has 0 spiro atoms. The Bertz CT molecular complexity index is 1310. The van der Waals surface area contributed by atoms with Gasteiger partial charge in [0.1, 0.15) is 11.4 Å². The van der Waals surface area contributed by atoms with E-state index in [-0.39, 0.29) is 17.6 Å². The number of ether oxygens (including phenoxy) is 1. The summed E-state index contributed by atoms with van der Waals surface area (Å²) >= 11 is 6.77. The van der Waals surface area contributed by atoms with E-state index >= 15 is 0 Å². The summed E-state index contributed by atoms with van der Waals surface area (Å²) in [5, 5.41) is 5.13. The maximum absolute atomic E-state index is 13.8. The van der Waals surface area contributed by atoms with Crippen LogP contribution in [-0.4, -0.2) is 51.0 Å². The van der Waals surface area contributed by atoms with Gasteiger partial charge in [0.2, 0.25) is 0 Å². The summed E-state index contributed by atoms with van der Waals surface area (Å²) in [7, 11) is 1.81. The minimum Gasteiger partial charge on any atom is -0.378 e. The highest BCUT2D eigenvalue weighted by atomic mass is 35.5. The Balaban J connectivity index is 1.63. The Labute approximate surface area is 212 Å². The van der Waals surface area contributed by atoms with Gasteiger partial charge in [0.15, 0.2) is 5.82 Å². The van der Waals surface area contributed by atoms with Crippen LogP contribution in [0.2, 0.25) is 5.02 Å². The molecular formula is C25H28ClF3N6O. The first-order chi connectivity index (χ1) is 16.9. The van der Waals surface area contributed by atoms with E-state index in [2.05, 4.69) is 15.0 Å². The van der Waals surface area contributed by atoms with Crippen molar-refractivity contribution < 1.29 is 17.9 Å². The van der Waals surface area contributed by atoms with E-state index in [1.807, 2.05) is 27.8 Å². The number of fused-ring (bicyclic) bond motifs is 1. The van der Waals surface area contributed by atoms with Gasteiger partial charge in [-0.1, -0.05) is 44.5 Å². The van der Waals surface area contributed by atoms with Crippen LogP contribution in [0.25, 0.3) is 17.2 Å². The number of alkyl halides is 3. The van der Waals surface area contributed by atoms with Crippen molar-refractivity contribution in [2.24, 2.45) is 7.05 Å². The molecule has 2 aliphatic rings. The first kappa shape index (κ1) is 24.7. The zero-order valence-electron chi connectivity index (χ0n) is 20.6. The average molecular weight is 521 g/mol. The van der Waals surface area contributed by atoms with Gasteiger partial charge in [-0.2, -0.15) is 18.3 Å². The first-order valence-corrected chi connectivity index (χ1v) is 12.1. The number of aryl methyl sites for hydroxylation is 1. The molecule has 1 fully saturated rings. The van der Waals surface area contributed by atoms with Crippen molar-refractivity contribution in [3.8, 4) is 11.5 Å². The van der Waals surface area contributed by atoms with E-state index in [1.54, 1.807) is 21.8 Å². The molecule has 5 rings (SSSR count). The molecule has 1 N–H and O–H groups in total. The number of halogens is 4. The van der Waals surface area contributed by atoms with Crippen molar-refractivity contribution in [1.82, 2.24) is 24.6 Å². The lowest BCUT2D eigenvalue weighted by Crippen LogP contribution is -2.37. The Morgan fingerprint density at radius 2 is 1.78 bits per heavy atom. The summed E-state index contributed by atoms with van der Waals surface area (Å²) in [4.78, 5) is 12.0. The lowest BCUT2D eigenvalue weighted by Gasteiger charge is -2.35. The predicted octanol–water partition coefficient (Wildman–Crippen LogP) is 5.43. The van der Waals surface area contributed by atoms with E-state index in [0.717, 1.165) is 17.5 Å². The van der Waals surface area contributed by atoms with E-state index in [0.29, 0.717) is 54.2 Å². The number of aromatic amines is 1. The van der Waals surface area contributed by atoms with Crippen molar-refractivity contribution in [3.63, 3.8) is 0 Å². The molecule has 4 heterocycles. The minimum atomic E-state index is -4.48. The third-order valence-electron chi connectivity index (χ3n) is 6.42. The average Bonchev–Trinajstić information content (AvgIpc) is 3.38. The number of nitrogens with one attached hydrogen (secondary N) is 1. The third kappa shape index (κ3) is 4.37. The number of morpholine rings is 1. The number of nitrogens with zero attached hydrogens (tertiary/aromatic N) is 5. The Hall–Kier alpha value is -2.98. The van der Waals surface area contributed by atoms with Crippen molar-refractivity contribution in [3.05, 3.63) is 58.1 Å². The van der Waals surface area contributed by atoms with Crippen molar-refractivity contribution in [1.29, 1.82) is 0 Å². The van der Waals surface area contributed by atoms with Crippen LogP contribution in [0.15, 0.2) is 30.5 Å². The van der Waals surface area contributed by atoms with Gasteiger partial charge in [0.25, 0.3) is 0 Å². The van der Waals surface area contributed by atoms with Crippen molar-refractivity contribution >= 4 is 23.0 Å². The highest BCUT2D eigenvalue weighted by molar-refractivity contribution is 6.33. The van der Waals surface area contributed by atoms with Crippen LogP contribution in [0.3, 0.4) is 0 Å². The van der Waals surface area contributed by atoms with E-state index < -0.39 is 11.7 Å². The lowest BCUT2D eigenvalue weighted by atomic mass is 9.92. The largest absolute Gasteiger partial charge is 0.418 e. The highest BCUT2D eigenvalue weighted by Gasteiger charge is 2.37. The second-order valence-corrected chi connectivity index (χ2v) is 10.4. The second kappa shape index (κ2) is 8.85. The van der Waals surface area contributed by atoms with Crippen LogP contribution in [0.1, 0.15) is 43.4 Å². The van der Waals surface area contributed by atoms with Crippen molar-refractivity contribution in [2.45, 2.75) is 38.9 Å². The van der Waals surface area contributed by atoms with E-state index in [4.69, 9.17) is 21.3 Å². The molecule has 7 nitrogen and oxygen atoms in total. The Morgan fingerprint density at radius 1 is 1.08 bits per heavy atom. The van der Waals surface area contributed by atoms with Crippen LogP contribution in [0.5, 0.6) is 0 Å². The molecule has 0 atom stereocenters. The zero-order chi connectivity index (χ0) is 25.8. The van der Waals surface area contributed by atoms with Crippen LogP contribution in [-0.2, 0) is 29.9 Å². The highest BCUT2D eigenvalue weighted by Crippen LogP contribution is 2.41. The fourth-order valence-corrected chi connectivity index (χ4v) is 5.19. The molecule has 1 saturated heterocycles. The molecule has 0 saturated carbocycles. The summed E-state index contributed by atoms with van der Waals surface area (Å²) in [6.45, 7) is 8.60. The Kier molecular flexibility index (Phi) is 6.07. The SMILES string of the molecule is Cn1nc(C(C)(C)C)c(Cl)c1-c1nc2c([nH]1)CN(c1ccccc1C(F)(F)F)C=C2N1CCOCC1. The predicted molar refractivity (Wildman–Crippen MR) is 132 cm³/mol. The van der Waals surface area contributed by atoms with Gasteiger partial charge in [0, 0.05) is 31.8 Å². The molecule has 0 aliphatic carbocycles. The number of rotatable bonds is 3. The smallest absolute Gasteiger partial charge is 0.378 e. The molecule has 3 aromatic rings. The van der Waals surface area contributed by atoms with Crippen LogP contribution < -0.4 is 4.90 Å². The number of hydrogen-bond donors (Lipinski definition) is 1. The van der Waals surface area contributed by atoms with Crippen LogP contribution in [0, 0.1) is 0 Å². The maximum atomic E-state index is 13.8. The number of benzene rings is 1. The molecule has 192 valence electrons. The van der Waals surface area contributed by atoms with Gasteiger partial charge in [-0.3, -0.25) is 4.68 Å². The van der Waals surface area contributed by atoms with E-state index in [1.165, 1.54) is 12.1 Å². The fraction of sp³-hybridized carbons (Fsp3) is 0.440. The molecule has 36 heavy (non-hydrogen) atoms. The quantitative estimate of drug-likeness (QED) is 0.499. The van der Waals surface area contributed by atoms with Gasteiger partial charge in [0.05, 0.1) is 53.1 Å². The summed E-state index contributed by atoms with van der Waals surface area (Å²) in [5.74, 6) is 0.528. The second-order valence-electron chi connectivity index (χ2n) is 10.1. The Morgan fingerprint density at radius 3 is 2.42 bits per heavy atom. The van der Waals surface area contributed by atoms with Gasteiger partial charge in [-0.25, -0.2) is 4.98 Å². The number of para-hydroxylation sites is 1. The molecular weight excluding hydrogens is 493 g/mol. The third-order valence-corrected chi connectivity index (χ3v) is 6.78. The summed E-state index contributed by atoms with van der Waals surface area (Å²) < 4.78 is 48.7. The molecule has 0 bridgehead atoms. The normalized spacial score (nSPS) is 16.8. The summed E-state index contributed by atoms with van der Waals surface area (Å²) in [6, 6.07) is 5.62. The first-order valence-electron chi connectivity index (χ1n) is 11.7. The van der Waals surface area contributed by atoms with Crippen LogP contribution in [0.4, 0.5) is 18.9 Å². The topological polar surface area (TPSA) is 62.2 Å². The summed E-state index contributed by atoms with van der Waals surface area (Å²) in [6.07, 6.45) is -2.72. The number of hydrogen-bond acceptors (Lipinski definition) is 5. The number of H-pyrrole nitrogens is 1. The van der Waals surface area contributed by atoms with Gasteiger partial charge >= 0.3 is 6.18 Å². The van der Waals surface area contributed by atoms with E-state index in [9.17, 15) is 13.2 Å². The molecule has 0 amide bonds. The molecule has 1 aromatic carbocycles. The number of aromatic nitrogens is 4. The molecule has 2 aromatic heterocycles. The minimum absolute atomic E-state index is 0.0890. The van der Waals surface area contributed by atoms with Gasteiger partial charge < -0.3 is 19.5 Å². The van der Waals surface area contributed by atoms with Crippen molar-refractivity contribution in [2.75, 3.05) is 31.2 Å². The number of imidazole rings is 1. The lowest BCUT2D eigenvalue weighted by molar-refractivity contribution is -0.137. The van der Waals surface area contributed by atoms with Gasteiger partial charge in [-0.05, 0) is 12.1 Å². The standard InChI is InChI=1S/C25H28ClF3N6O/c1-24(2,3)22-19(26)21(33(4)32-22)23-30-16-13-35(17-8-6-5-7-15(17)25(27,28)29)14-18(20(16)31-23)34-9-11-36-12-10-34/h5-8,14H,9-13H2,1-4H3,(H,30,31). The molecule has 0 radical (unpaired) electrons. The molecule has 2 aliphatic heterocycles. The van der Waals surface area contributed by atoms with Gasteiger partial charge in [-0.15, -0.1) is 0 Å². The molecule has 11 heteroatoms. The van der Waals surface area contributed by atoms with Crippen LogP contribution >= 0.6 is 11.6 Å².